The molecule has 0 saturated carbocycles. The van der Waals surface area contributed by atoms with Crippen molar-refractivity contribution in [2.45, 2.75) is 32.9 Å². The number of rotatable bonds is 6. The average molecular weight is 387 g/mol. The highest BCUT2D eigenvalue weighted by Crippen LogP contribution is 2.04. The van der Waals surface area contributed by atoms with Crippen molar-refractivity contribution in [1.82, 2.24) is 24.9 Å². The van der Waals surface area contributed by atoms with Crippen LogP contribution in [0.15, 0.2) is 18.5 Å². The van der Waals surface area contributed by atoms with Crippen molar-refractivity contribution in [3.8, 4) is 0 Å². The van der Waals surface area contributed by atoms with Gasteiger partial charge in [-0.3, -0.25) is 14.2 Å². The minimum absolute atomic E-state index is 0.0608. The maximum absolute atomic E-state index is 11.8. The van der Waals surface area contributed by atoms with Gasteiger partial charge in [-0.1, -0.05) is 0 Å². The van der Waals surface area contributed by atoms with E-state index < -0.39 is 0 Å². The number of nitrogens with zero attached hydrogens (tertiary/aromatic N) is 4. The molecule has 0 aliphatic carbocycles. The number of halogens is 1. The van der Waals surface area contributed by atoms with Crippen LogP contribution in [0.25, 0.3) is 0 Å². The first-order valence-electron chi connectivity index (χ1n) is 6.49. The Morgan fingerprint density at radius 1 is 1.50 bits per heavy atom. The summed E-state index contributed by atoms with van der Waals surface area (Å²) in [5.74, 6) is 0.0608. The van der Waals surface area contributed by atoms with Crippen LogP contribution in [0.5, 0.6) is 0 Å². The van der Waals surface area contributed by atoms with Crippen LogP contribution >= 0.6 is 22.6 Å². The Morgan fingerprint density at radius 2 is 2.30 bits per heavy atom. The first kappa shape index (κ1) is 15.0. The van der Waals surface area contributed by atoms with Gasteiger partial charge in [0.25, 0.3) is 0 Å². The molecule has 2 aromatic rings. The standard InChI is InChI=1S/C13H18IN5O/c1-10-6-12(18(2)17-10)8-15-13(20)4-3-5-19-9-11(14)7-16-19/h6-7,9H,3-5,8H2,1-2H3,(H,15,20). The number of nitrogens with one attached hydrogen (secondary N) is 1. The molecule has 0 aromatic carbocycles. The Balaban J connectivity index is 1.69. The molecule has 2 heterocycles. The average Bonchev–Trinajstić information content (AvgIpc) is 2.93. The van der Waals surface area contributed by atoms with Gasteiger partial charge in [-0.25, -0.2) is 0 Å². The molecule has 1 N–H and O–H groups in total. The third-order valence-electron chi connectivity index (χ3n) is 2.96. The maximum atomic E-state index is 11.8. The van der Waals surface area contributed by atoms with Gasteiger partial charge in [0.1, 0.15) is 0 Å². The lowest BCUT2D eigenvalue weighted by atomic mass is 10.3. The lowest BCUT2D eigenvalue weighted by molar-refractivity contribution is -0.121. The van der Waals surface area contributed by atoms with Crippen LogP contribution in [0.1, 0.15) is 24.2 Å². The molecule has 2 aromatic heterocycles. The second-order valence-electron chi connectivity index (χ2n) is 4.70. The summed E-state index contributed by atoms with van der Waals surface area (Å²) in [5, 5.41) is 11.3. The van der Waals surface area contributed by atoms with Crippen LogP contribution in [-0.2, 0) is 24.9 Å². The third kappa shape index (κ3) is 4.32. The fourth-order valence-electron chi connectivity index (χ4n) is 1.97. The summed E-state index contributed by atoms with van der Waals surface area (Å²) in [7, 11) is 1.88. The van der Waals surface area contributed by atoms with Crippen molar-refractivity contribution >= 4 is 28.5 Å². The zero-order chi connectivity index (χ0) is 14.5. The second-order valence-corrected chi connectivity index (χ2v) is 5.95. The Kier molecular flexibility index (Phi) is 5.16. The summed E-state index contributed by atoms with van der Waals surface area (Å²) in [6.07, 6.45) is 5.07. The van der Waals surface area contributed by atoms with Gasteiger partial charge in [0.05, 0.1) is 27.7 Å². The van der Waals surface area contributed by atoms with E-state index in [1.165, 1.54) is 0 Å². The first-order chi connectivity index (χ1) is 9.54. The van der Waals surface area contributed by atoms with Crippen LogP contribution in [0, 0.1) is 10.5 Å². The van der Waals surface area contributed by atoms with E-state index >= 15 is 0 Å². The summed E-state index contributed by atoms with van der Waals surface area (Å²) in [4.78, 5) is 11.8. The molecule has 108 valence electrons. The molecule has 0 saturated heterocycles. The smallest absolute Gasteiger partial charge is 0.220 e. The molecule has 0 unspecified atom stereocenters. The van der Waals surface area contributed by atoms with Gasteiger partial charge in [-0.05, 0) is 42.0 Å². The van der Waals surface area contributed by atoms with Crippen LogP contribution in [0.4, 0.5) is 0 Å². The molecule has 2 rings (SSSR count). The number of aryl methyl sites for hydroxylation is 3. The van der Waals surface area contributed by atoms with E-state index in [2.05, 4.69) is 38.1 Å². The third-order valence-corrected chi connectivity index (χ3v) is 3.52. The summed E-state index contributed by atoms with van der Waals surface area (Å²) < 4.78 is 4.76. The molecule has 0 spiro atoms. The number of carbonyl (C=O) groups is 1. The van der Waals surface area contributed by atoms with Crippen molar-refractivity contribution in [2.24, 2.45) is 7.05 Å². The number of carbonyl (C=O) groups excluding carboxylic acids is 1. The minimum Gasteiger partial charge on any atom is -0.350 e. The van der Waals surface area contributed by atoms with E-state index in [-0.39, 0.29) is 5.91 Å². The number of aromatic nitrogens is 4. The molecule has 0 atom stereocenters. The molecular formula is C13H18IN5O. The molecule has 7 heteroatoms. The van der Waals surface area contributed by atoms with Crippen LogP contribution in [0.3, 0.4) is 0 Å². The van der Waals surface area contributed by atoms with E-state index in [0.29, 0.717) is 13.0 Å². The van der Waals surface area contributed by atoms with Crippen molar-refractivity contribution in [3.63, 3.8) is 0 Å². The van der Waals surface area contributed by atoms with Gasteiger partial charge in [0.2, 0.25) is 5.91 Å². The topological polar surface area (TPSA) is 64.7 Å². The summed E-state index contributed by atoms with van der Waals surface area (Å²) >= 11 is 2.22. The number of amides is 1. The predicted molar refractivity (Wildman–Crippen MR) is 84.0 cm³/mol. The van der Waals surface area contributed by atoms with E-state index in [1.807, 2.05) is 37.1 Å². The highest BCUT2D eigenvalue weighted by atomic mass is 127. The molecule has 0 aliphatic rings. The molecule has 0 aliphatic heterocycles. The van der Waals surface area contributed by atoms with E-state index in [9.17, 15) is 4.79 Å². The van der Waals surface area contributed by atoms with Crippen molar-refractivity contribution < 1.29 is 4.79 Å². The summed E-state index contributed by atoms with van der Waals surface area (Å²) in [5.41, 5.74) is 1.97. The minimum atomic E-state index is 0.0608. The zero-order valence-electron chi connectivity index (χ0n) is 11.6. The quantitative estimate of drug-likeness (QED) is 0.767. The molecule has 0 radical (unpaired) electrons. The molecule has 0 bridgehead atoms. The SMILES string of the molecule is Cc1cc(CNC(=O)CCCn2cc(I)cn2)n(C)n1. The van der Waals surface area contributed by atoms with Gasteiger partial charge < -0.3 is 5.32 Å². The van der Waals surface area contributed by atoms with Gasteiger partial charge >= 0.3 is 0 Å². The van der Waals surface area contributed by atoms with Crippen LogP contribution in [-0.4, -0.2) is 25.5 Å². The van der Waals surface area contributed by atoms with Gasteiger partial charge in [-0.15, -0.1) is 0 Å². The second kappa shape index (κ2) is 6.87. The first-order valence-corrected chi connectivity index (χ1v) is 7.56. The highest BCUT2D eigenvalue weighted by molar-refractivity contribution is 14.1. The molecule has 1 amide bonds. The monoisotopic (exact) mass is 387 g/mol. The lowest BCUT2D eigenvalue weighted by Gasteiger charge is -2.05. The molecular weight excluding hydrogens is 369 g/mol. The van der Waals surface area contributed by atoms with E-state index in [4.69, 9.17) is 0 Å². The lowest BCUT2D eigenvalue weighted by Crippen LogP contribution is -2.24. The fraction of sp³-hybridized carbons (Fsp3) is 0.462. The van der Waals surface area contributed by atoms with Gasteiger partial charge in [0, 0.05) is 26.2 Å². The molecule has 20 heavy (non-hydrogen) atoms. The molecule has 0 fully saturated rings. The normalized spacial score (nSPS) is 10.8. The van der Waals surface area contributed by atoms with Crippen molar-refractivity contribution in [3.05, 3.63) is 33.4 Å². The predicted octanol–water partition coefficient (Wildman–Crippen LogP) is 1.63. The summed E-state index contributed by atoms with van der Waals surface area (Å²) in [6.45, 7) is 3.23. The van der Waals surface area contributed by atoms with Crippen molar-refractivity contribution in [1.29, 1.82) is 0 Å². The Labute approximate surface area is 131 Å². The number of hydrogen-bond donors (Lipinski definition) is 1. The van der Waals surface area contributed by atoms with Crippen molar-refractivity contribution in [2.75, 3.05) is 0 Å². The highest BCUT2D eigenvalue weighted by Gasteiger charge is 2.05. The largest absolute Gasteiger partial charge is 0.350 e. The Bertz CT molecular complexity index is 589. The number of hydrogen-bond acceptors (Lipinski definition) is 3. The van der Waals surface area contributed by atoms with Gasteiger partial charge in [0.15, 0.2) is 0 Å². The van der Waals surface area contributed by atoms with E-state index in [1.54, 1.807) is 4.68 Å². The maximum Gasteiger partial charge on any atom is 0.220 e. The Morgan fingerprint density at radius 3 is 2.90 bits per heavy atom. The molecule has 6 nitrogen and oxygen atoms in total. The zero-order valence-corrected chi connectivity index (χ0v) is 13.8. The van der Waals surface area contributed by atoms with Crippen LogP contribution in [0.2, 0.25) is 0 Å². The van der Waals surface area contributed by atoms with Gasteiger partial charge in [-0.2, -0.15) is 10.2 Å². The fourth-order valence-corrected chi connectivity index (χ4v) is 2.42. The Hall–Kier alpha value is -1.38. The summed E-state index contributed by atoms with van der Waals surface area (Å²) in [6, 6.07) is 1.98. The van der Waals surface area contributed by atoms with Crippen LogP contribution < -0.4 is 5.32 Å². The van der Waals surface area contributed by atoms with E-state index in [0.717, 1.165) is 27.9 Å².